The first-order valence-electron chi connectivity index (χ1n) is 10.7. The Bertz CT molecular complexity index is 1060. The minimum Gasteiger partial charge on any atom is -0.259 e. The molecule has 0 saturated heterocycles. The van der Waals surface area contributed by atoms with Crippen molar-refractivity contribution in [3.05, 3.63) is 115 Å². The summed E-state index contributed by atoms with van der Waals surface area (Å²) in [5.41, 5.74) is 0. The van der Waals surface area contributed by atoms with Gasteiger partial charge in [-0.25, -0.2) is 0 Å². The summed E-state index contributed by atoms with van der Waals surface area (Å²) in [6.45, 7) is 7.34. The minimum atomic E-state index is -1.50. The molecule has 0 spiro atoms. The van der Waals surface area contributed by atoms with Gasteiger partial charge in [-0.15, -0.1) is 0 Å². The number of hydrogen-bond acceptors (Lipinski definition) is 1. The molecule has 4 rings (SSSR count). The number of hydrogen-bond donors (Lipinski definition) is 1. The Morgan fingerprint density at radius 1 is 0.484 bits per heavy atom. The van der Waals surface area contributed by atoms with Crippen molar-refractivity contribution < 1.29 is 0 Å². The molecule has 1 nitrogen and oxygen atoms in total. The lowest BCUT2D eigenvalue weighted by molar-refractivity contribution is 1.61. The van der Waals surface area contributed by atoms with Crippen LogP contribution < -0.4 is 31.3 Å². The van der Waals surface area contributed by atoms with E-state index < -0.39 is 24.2 Å². The molecule has 1 atom stereocenters. The second kappa shape index (κ2) is 10.0. The first-order valence-corrected chi connectivity index (χ1v) is 16.8. The first-order chi connectivity index (χ1) is 15.0. The second-order valence-electron chi connectivity index (χ2n) is 8.54. The molecule has 0 saturated carbocycles. The summed E-state index contributed by atoms with van der Waals surface area (Å²) in [4.78, 5) is 4.18. The predicted molar refractivity (Wildman–Crippen MR) is 144 cm³/mol. The molecule has 0 amide bonds. The van der Waals surface area contributed by atoms with E-state index >= 15 is 0 Å². The van der Waals surface area contributed by atoms with Crippen LogP contribution in [0, 0.1) is 0 Å². The SMILES string of the molecule is C[Si](C)(C)c1ccccc1P(NP(c1ccccc1)c1ccccc1)c1ccccc1. The Hall–Kier alpha value is -2.08. The zero-order valence-corrected chi connectivity index (χ0v) is 21.2. The molecule has 0 aliphatic heterocycles. The summed E-state index contributed by atoms with van der Waals surface area (Å²) < 4.78 is 0. The zero-order valence-electron chi connectivity index (χ0n) is 18.4. The van der Waals surface area contributed by atoms with Gasteiger partial charge in [0.1, 0.15) is 0 Å². The van der Waals surface area contributed by atoms with E-state index in [2.05, 4.69) is 140 Å². The molecule has 4 aromatic carbocycles. The molecular weight excluding hydrogens is 428 g/mol. The first kappa shape index (κ1) is 22.1. The molecule has 4 aromatic rings. The molecule has 0 heterocycles. The second-order valence-corrected chi connectivity index (χ2v) is 17.8. The van der Waals surface area contributed by atoms with E-state index in [-0.39, 0.29) is 0 Å². The van der Waals surface area contributed by atoms with Crippen molar-refractivity contribution in [1.29, 1.82) is 0 Å². The van der Waals surface area contributed by atoms with Gasteiger partial charge >= 0.3 is 0 Å². The van der Waals surface area contributed by atoms with Crippen molar-refractivity contribution in [1.82, 2.24) is 4.86 Å². The van der Waals surface area contributed by atoms with Crippen LogP contribution in [0.2, 0.25) is 19.6 Å². The summed E-state index contributed by atoms with van der Waals surface area (Å²) in [5, 5.41) is 7.12. The maximum atomic E-state index is 4.18. The largest absolute Gasteiger partial charge is 0.259 e. The van der Waals surface area contributed by atoms with Crippen LogP contribution in [0.1, 0.15) is 0 Å². The van der Waals surface area contributed by atoms with Gasteiger partial charge in [-0.1, -0.05) is 140 Å². The third-order valence-electron chi connectivity index (χ3n) is 5.20. The fourth-order valence-corrected chi connectivity index (χ4v) is 11.6. The molecule has 1 N–H and O–H groups in total. The fraction of sp³-hybridized carbons (Fsp3) is 0.111. The van der Waals surface area contributed by atoms with Crippen molar-refractivity contribution in [3.63, 3.8) is 0 Å². The highest BCUT2D eigenvalue weighted by atomic mass is 31.2. The van der Waals surface area contributed by atoms with E-state index in [9.17, 15) is 0 Å². The Morgan fingerprint density at radius 2 is 0.871 bits per heavy atom. The van der Waals surface area contributed by atoms with Crippen LogP contribution in [0.25, 0.3) is 0 Å². The van der Waals surface area contributed by atoms with Crippen LogP contribution in [0.5, 0.6) is 0 Å². The van der Waals surface area contributed by atoms with Gasteiger partial charge in [0.2, 0.25) is 0 Å². The van der Waals surface area contributed by atoms with Gasteiger partial charge in [0, 0.05) is 16.1 Å². The zero-order chi connectivity index (χ0) is 21.7. The van der Waals surface area contributed by atoms with E-state index in [1.807, 2.05) is 0 Å². The van der Waals surface area contributed by atoms with Crippen molar-refractivity contribution in [2.45, 2.75) is 19.6 Å². The third-order valence-corrected chi connectivity index (χ3v) is 12.4. The van der Waals surface area contributed by atoms with Crippen molar-refractivity contribution in [3.8, 4) is 0 Å². The molecule has 31 heavy (non-hydrogen) atoms. The predicted octanol–water partition coefficient (Wildman–Crippen LogP) is 5.22. The van der Waals surface area contributed by atoms with Crippen molar-refractivity contribution >= 4 is 50.6 Å². The average Bonchev–Trinajstić information content (AvgIpc) is 2.81. The Balaban J connectivity index is 1.85. The number of benzene rings is 4. The highest BCUT2D eigenvalue weighted by Crippen LogP contribution is 2.42. The summed E-state index contributed by atoms with van der Waals surface area (Å²) in [7, 11) is -2.90. The standard InChI is InChI=1S/C27H29NP2Si/c1-31(2,3)27-22-14-13-21-26(27)30(25-19-11-6-12-20-25)28-29(23-15-7-4-8-16-23)24-17-9-5-10-18-24/h4-22,28H,1-3H3. The van der Waals surface area contributed by atoms with Gasteiger partial charge in [0.05, 0.1) is 8.07 Å². The van der Waals surface area contributed by atoms with Crippen LogP contribution in [0.15, 0.2) is 115 Å². The normalized spacial score (nSPS) is 12.6. The monoisotopic (exact) mass is 457 g/mol. The lowest BCUT2D eigenvalue weighted by atomic mass is 10.4. The molecular formula is C27H29NP2Si. The molecule has 0 aliphatic rings. The Morgan fingerprint density at radius 3 is 1.32 bits per heavy atom. The van der Waals surface area contributed by atoms with Gasteiger partial charge in [-0.2, -0.15) is 0 Å². The fourth-order valence-electron chi connectivity index (χ4n) is 3.65. The molecule has 0 aromatic heterocycles. The van der Waals surface area contributed by atoms with Crippen molar-refractivity contribution in [2.75, 3.05) is 0 Å². The highest BCUT2D eigenvalue weighted by Gasteiger charge is 2.27. The Labute approximate surface area is 190 Å². The third kappa shape index (κ3) is 5.40. The van der Waals surface area contributed by atoms with Crippen LogP contribution >= 0.6 is 16.1 Å². The maximum Gasteiger partial charge on any atom is 0.0785 e. The van der Waals surface area contributed by atoms with Gasteiger partial charge in [-0.05, 0) is 21.2 Å². The minimum absolute atomic E-state index is 0.691. The smallest absolute Gasteiger partial charge is 0.0785 e. The lowest BCUT2D eigenvalue weighted by Crippen LogP contribution is -2.47. The van der Waals surface area contributed by atoms with E-state index in [4.69, 9.17) is 0 Å². The van der Waals surface area contributed by atoms with E-state index in [0.717, 1.165) is 0 Å². The van der Waals surface area contributed by atoms with Gasteiger partial charge in [-0.3, -0.25) is 4.86 Å². The van der Waals surface area contributed by atoms with Crippen LogP contribution in [-0.4, -0.2) is 8.07 Å². The molecule has 0 bridgehead atoms. The highest BCUT2D eigenvalue weighted by molar-refractivity contribution is 7.85. The summed E-state index contributed by atoms with van der Waals surface area (Å²) in [5.74, 6) is 0. The summed E-state index contributed by atoms with van der Waals surface area (Å²) in [6.07, 6.45) is 0. The average molecular weight is 458 g/mol. The quantitative estimate of drug-likeness (QED) is 0.297. The van der Waals surface area contributed by atoms with Gasteiger partial charge in [0.25, 0.3) is 0 Å². The topological polar surface area (TPSA) is 12.0 Å². The molecule has 4 heteroatoms. The van der Waals surface area contributed by atoms with E-state index in [1.54, 1.807) is 5.19 Å². The van der Waals surface area contributed by atoms with Gasteiger partial charge in [0.15, 0.2) is 0 Å². The molecule has 0 fully saturated rings. The van der Waals surface area contributed by atoms with Crippen molar-refractivity contribution in [2.24, 2.45) is 0 Å². The molecule has 0 aliphatic carbocycles. The maximum absolute atomic E-state index is 4.18. The number of nitrogens with one attached hydrogen (secondary N) is 1. The lowest BCUT2D eigenvalue weighted by Gasteiger charge is -2.31. The van der Waals surface area contributed by atoms with Crippen LogP contribution in [0.3, 0.4) is 0 Å². The van der Waals surface area contributed by atoms with Crippen LogP contribution in [-0.2, 0) is 0 Å². The summed E-state index contributed by atoms with van der Waals surface area (Å²) >= 11 is 0. The molecule has 1 unspecified atom stereocenters. The van der Waals surface area contributed by atoms with E-state index in [0.29, 0.717) is 0 Å². The number of rotatable bonds is 7. The molecule has 156 valence electrons. The van der Waals surface area contributed by atoms with E-state index in [1.165, 1.54) is 21.2 Å². The van der Waals surface area contributed by atoms with Crippen LogP contribution in [0.4, 0.5) is 0 Å². The van der Waals surface area contributed by atoms with Gasteiger partial charge < -0.3 is 0 Å². The molecule has 0 radical (unpaired) electrons. The Kier molecular flexibility index (Phi) is 7.15. The summed E-state index contributed by atoms with van der Waals surface area (Å²) in [6, 6.07) is 41.9.